The summed E-state index contributed by atoms with van der Waals surface area (Å²) in [5.41, 5.74) is 1.28. The second-order valence-electron chi connectivity index (χ2n) is 3.00. The van der Waals surface area contributed by atoms with Crippen molar-refractivity contribution in [3.05, 3.63) is 28.2 Å². The number of thiophene rings is 1. The summed E-state index contributed by atoms with van der Waals surface area (Å²) in [5, 5.41) is 21.3. The van der Waals surface area contributed by atoms with E-state index in [1.54, 1.807) is 11.3 Å². The molecule has 5 nitrogen and oxygen atoms in total. The molecule has 2 rings (SSSR count). The highest BCUT2D eigenvalue weighted by Gasteiger charge is 2.08. The summed E-state index contributed by atoms with van der Waals surface area (Å²) in [4.78, 5) is 0. The lowest BCUT2D eigenvalue weighted by atomic mass is 10.3. The number of tetrazole rings is 1. The average molecular weight is 209 g/mol. The van der Waals surface area contributed by atoms with Crippen LogP contribution in [0.1, 0.15) is 24.4 Å². The quantitative estimate of drug-likeness (QED) is 0.791. The number of rotatable bonds is 4. The fourth-order valence-electron chi connectivity index (χ4n) is 1.11. The monoisotopic (exact) mass is 209 g/mol. The lowest BCUT2D eigenvalue weighted by Gasteiger charge is -2.07. The van der Waals surface area contributed by atoms with E-state index in [0.717, 1.165) is 6.54 Å². The molecule has 6 heteroatoms. The van der Waals surface area contributed by atoms with Gasteiger partial charge in [-0.2, -0.15) is 16.6 Å². The molecule has 0 bridgehead atoms. The highest BCUT2D eigenvalue weighted by atomic mass is 32.1. The molecule has 0 saturated carbocycles. The van der Waals surface area contributed by atoms with Crippen LogP contribution in [0.15, 0.2) is 16.8 Å². The molecule has 1 unspecified atom stereocenters. The number of H-pyrrole nitrogens is 1. The van der Waals surface area contributed by atoms with Gasteiger partial charge in [0, 0.05) is 6.54 Å². The molecule has 14 heavy (non-hydrogen) atoms. The number of aromatic amines is 1. The molecule has 1 atom stereocenters. The highest BCUT2D eigenvalue weighted by Crippen LogP contribution is 2.08. The highest BCUT2D eigenvalue weighted by molar-refractivity contribution is 7.07. The number of nitrogens with zero attached hydrogens (tertiary/aromatic N) is 3. The van der Waals surface area contributed by atoms with Crippen molar-refractivity contribution in [1.82, 2.24) is 25.9 Å². The second-order valence-corrected chi connectivity index (χ2v) is 3.78. The fourth-order valence-corrected chi connectivity index (χ4v) is 1.78. The molecule has 0 aliphatic heterocycles. The van der Waals surface area contributed by atoms with Gasteiger partial charge in [-0.05, 0) is 29.3 Å². The summed E-state index contributed by atoms with van der Waals surface area (Å²) in [6.45, 7) is 2.84. The molecule has 0 spiro atoms. The SMILES string of the molecule is CC(NCc1ccsc1)c1nn[nH]n1. The fraction of sp³-hybridized carbons (Fsp3) is 0.375. The van der Waals surface area contributed by atoms with Crippen molar-refractivity contribution in [3.63, 3.8) is 0 Å². The number of aromatic nitrogens is 4. The maximum atomic E-state index is 3.91. The third kappa shape index (κ3) is 2.15. The summed E-state index contributed by atoms with van der Waals surface area (Å²) in [7, 11) is 0. The Bertz CT molecular complexity index is 355. The second kappa shape index (κ2) is 4.30. The summed E-state index contributed by atoms with van der Waals surface area (Å²) < 4.78 is 0. The first-order valence-electron chi connectivity index (χ1n) is 4.34. The van der Waals surface area contributed by atoms with Crippen LogP contribution in [0.2, 0.25) is 0 Å². The Kier molecular flexibility index (Phi) is 2.85. The molecule has 0 amide bonds. The van der Waals surface area contributed by atoms with Crippen molar-refractivity contribution in [2.24, 2.45) is 0 Å². The molecule has 74 valence electrons. The zero-order valence-electron chi connectivity index (χ0n) is 7.77. The Morgan fingerprint density at radius 1 is 1.64 bits per heavy atom. The Morgan fingerprint density at radius 2 is 2.57 bits per heavy atom. The van der Waals surface area contributed by atoms with Gasteiger partial charge in [0.1, 0.15) is 0 Å². The Balaban J connectivity index is 1.87. The molecule has 0 fully saturated rings. The van der Waals surface area contributed by atoms with Crippen molar-refractivity contribution >= 4 is 11.3 Å². The first kappa shape index (κ1) is 9.29. The standard InChI is InChI=1S/C8H11N5S/c1-6(8-10-12-13-11-8)9-4-7-2-3-14-5-7/h2-3,5-6,9H,4H2,1H3,(H,10,11,12,13). The van der Waals surface area contributed by atoms with E-state index in [1.165, 1.54) is 5.56 Å². The van der Waals surface area contributed by atoms with E-state index in [2.05, 4.69) is 42.8 Å². The molecule has 2 aromatic heterocycles. The normalized spacial score (nSPS) is 12.9. The van der Waals surface area contributed by atoms with E-state index in [0.29, 0.717) is 5.82 Å². The maximum absolute atomic E-state index is 3.91. The van der Waals surface area contributed by atoms with Gasteiger partial charge < -0.3 is 5.32 Å². The average Bonchev–Trinajstić information content (AvgIpc) is 2.87. The van der Waals surface area contributed by atoms with Gasteiger partial charge in [-0.3, -0.25) is 0 Å². The summed E-state index contributed by atoms with van der Waals surface area (Å²) in [6.07, 6.45) is 0. The summed E-state index contributed by atoms with van der Waals surface area (Å²) in [5.74, 6) is 0.695. The van der Waals surface area contributed by atoms with Crippen molar-refractivity contribution in [3.8, 4) is 0 Å². The Hall–Kier alpha value is -1.27. The van der Waals surface area contributed by atoms with Gasteiger partial charge in [0.25, 0.3) is 0 Å². The van der Waals surface area contributed by atoms with Crippen LogP contribution in [0.4, 0.5) is 0 Å². The number of nitrogens with one attached hydrogen (secondary N) is 2. The minimum Gasteiger partial charge on any atom is -0.303 e. The van der Waals surface area contributed by atoms with Crippen LogP contribution in [0, 0.1) is 0 Å². The molecule has 0 radical (unpaired) electrons. The molecule has 2 heterocycles. The predicted molar refractivity (Wildman–Crippen MR) is 53.8 cm³/mol. The van der Waals surface area contributed by atoms with Crippen LogP contribution in [0.25, 0.3) is 0 Å². The van der Waals surface area contributed by atoms with Gasteiger partial charge in [-0.1, -0.05) is 5.21 Å². The molecule has 0 aliphatic carbocycles. The van der Waals surface area contributed by atoms with Crippen LogP contribution in [0.5, 0.6) is 0 Å². The number of hydrogen-bond donors (Lipinski definition) is 2. The van der Waals surface area contributed by atoms with Gasteiger partial charge in [-0.25, -0.2) is 0 Å². The molecule has 2 N–H and O–H groups in total. The molecule has 0 saturated heterocycles. The molecular formula is C8H11N5S. The van der Waals surface area contributed by atoms with Crippen molar-refractivity contribution in [2.75, 3.05) is 0 Å². The summed E-state index contributed by atoms with van der Waals surface area (Å²) in [6, 6.07) is 2.22. The van der Waals surface area contributed by atoms with E-state index in [9.17, 15) is 0 Å². The molecule has 0 aliphatic rings. The minimum atomic E-state index is 0.119. The van der Waals surface area contributed by atoms with E-state index < -0.39 is 0 Å². The Morgan fingerprint density at radius 3 is 3.21 bits per heavy atom. The van der Waals surface area contributed by atoms with Gasteiger partial charge in [0.2, 0.25) is 0 Å². The van der Waals surface area contributed by atoms with Crippen molar-refractivity contribution < 1.29 is 0 Å². The van der Waals surface area contributed by atoms with E-state index in [-0.39, 0.29) is 6.04 Å². The third-order valence-electron chi connectivity index (χ3n) is 1.94. The Labute approximate surface area is 85.5 Å². The van der Waals surface area contributed by atoms with Crippen LogP contribution in [-0.4, -0.2) is 20.6 Å². The van der Waals surface area contributed by atoms with Crippen LogP contribution >= 0.6 is 11.3 Å². The number of hydrogen-bond acceptors (Lipinski definition) is 5. The van der Waals surface area contributed by atoms with Gasteiger partial charge >= 0.3 is 0 Å². The first-order valence-corrected chi connectivity index (χ1v) is 5.28. The molecule has 2 aromatic rings. The van der Waals surface area contributed by atoms with Crippen LogP contribution < -0.4 is 5.32 Å². The van der Waals surface area contributed by atoms with Gasteiger partial charge in [0.15, 0.2) is 5.82 Å². The van der Waals surface area contributed by atoms with Gasteiger partial charge in [-0.15, -0.1) is 10.2 Å². The van der Waals surface area contributed by atoms with Crippen LogP contribution in [-0.2, 0) is 6.54 Å². The summed E-state index contributed by atoms with van der Waals surface area (Å²) >= 11 is 1.70. The topological polar surface area (TPSA) is 66.5 Å². The zero-order chi connectivity index (χ0) is 9.80. The van der Waals surface area contributed by atoms with Crippen molar-refractivity contribution in [1.29, 1.82) is 0 Å². The lowest BCUT2D eigenvalue weighted by Crippen LogP contribution is -2.18. The zero-order valence-corrected chi connectivity index (χ0v) is 8.58. The first-order chi connectivity index (χ1) is 6.86. The predicted octanol–water partition coefficient (Wildman–Crippen LogP) is 1.11. The van der Waals surface area contributed by atoms with Crippen molar-refractivity contribution in [2.45, 2.75) is 19.5 Å². The lowest BCUT2D eigenvalue weighted by molar-refractivity contribution is 0.547. The minimum absolute atomic E-state index is 0.119. The van der Waals surface area contributed by atoms with Crippen LogP contribution in [0.3, 0.4) is 0 Å². The molecule has 0 aromatic carbocycles. The van der Waals surface area contributed by atoms with E-state index in [4.69, 9.17) is 0 Å². The third-order valence-corrected chi connectivity index (χ3v) is 2.67. The maximum Gasteiger partial charge on any atom is 0.191 e. The van der Waals surface area contributed by atoms with E-state index >= 15 is 0 Å². The van der Waals surface area contributed by atoms with E-state index in [1.807, 2.05) is 6.92 Å². The smallest absolute Gasteiger partial charge is 0.191 e. The molecular weight excluding hydrogens is 198 g/mol. The van der Waals surface area contributed by atoms with Gasteiger partial charge in [0.05, 0.1) is 6.04 Å². The largest absolute Gasteiger partial charge is 0.303 e.